The third kappa shape index (κ3) is 6.16. The Morgan fingerprint density at radius 1 is 0.850 bits per heavy atom. The fourth-order valence-electron chi connectivity index (χ4n) is 4.76. The molecule has 2 fully saturated rings. The number of hydrogen-bond acceptors (Lipinski definition) is 14. The van der Waals surface area contributed by atoms with Crippen molar-refractivity contribution in [3.05, 3.63) is 29.8 Å². The Bertz CT molecular complexity index is 1190. The van der Waals surface area contributed by atoms with Crippen LogP contribution in [0.2, 0.25) is 0 Å². The normalized spacial score (nSPS) is 34.5. The SMILES string of the molecule is COc1cc(O[C@@H]2O[C@H](CO[C@@H]3O[C@H](CO)[C@@H](O)[C@H](O)[C@H]3O)[C@@H](O)[C@H](O)[C@H]2O)c2c(O)cc(CC(C)=O)cc2c1. The molecule has 2 heterocycles. The third-order valence-corrected chi connectivity index (χ3v) is 6.90. The number of rotatable bonds is 9. The lowest BCUT2D eigenvalue weighted by atomic mass is 9.98. The highest BCUT2D eigenvalue weighted by molar-refractivity contribution is 5.96. The lowest BCUT2D eigenvalue weighted by Crippen LogP contribution is -2.62. The number of aliphatic hydroxyl groups excluding tert-OH is 7. The molecule has 14 heteroatoms. The van der Waals surface area contributed by atoms with Crippen LogP contribution in [0.3, 0.4) is 0 Å². The molecule has 2 aromatic carbocycles. The summed E-state index contributed by atoms with van der Waals surface area (Å²) in [6.07, 6.45) is -15.8. The minimum atomic E-state index is -1.77. The monoisotopic (exact) mass is 570 g/mol. The molecule has 10 atom stereocenters. The molecule has 2 aliphatic heterocycles. The molecule has 0 saturated carbocycles. The molecule has 0 radical (unpaired) electrons. The van der Waals surface area contributed by atoms with Crippen LogP contribution in [-0.4, -0.2) is 128 Å². The van der Waals surface area contributed by atoms with Crippen LogP contribution in [-0.2, 0) is 25.4 Å². The summed E-state index contributed by atoms with van der Waals surface area (Å²) in [5, 5.41) is 82.4. The number of aromatic hydroxyl groups is 1. The van der Waals surface area contributed by atoms with Crippen LogP contribution in [0.4, 0.5) is 0 Å². The van der Waals surface area contributed by atoms with Gasteiger partial charge in [-0.25, -0.2) is 0 Å². The van der Waals surface area contributed by atoms with Gasteiger partial charge in [-0.1, -0.05) is 6.07 Å². The van der Waals surface area contributed by atoms with Gasteiger partial charge in [-0.2, -0.15) is 0 Å². The van der Waals surface area contributed by atoms with Gasteiger partial charge in [0.1, 0.15) is 71.9 Å². The Hall–Kier alpha value is -2.63. The predicted octanol–water partition coefficient (Wildman–Crippen LogP) is -2.31. The van der Waals surface area contributed by atoms with Crippen LogP contribution in [0.25, 0.3) is 10.8 Å². The lowest BCUT2D eigenvalue weighted by molar-refractivity contribution is -0.323. The van der Waals surface area contributed by atoms with Crippen molar-refractivity contribution in [2.24, 2.45) is 0 Å². The minimum absolute atomic E-state index is 0.00228. The van der Waals surface area contributed by atoms with Gasteiger partial charge in [0.25, 0.3) is 0 Å². The van der Waals surface area contributed by atoms with Gasteiger partial charge in [0.15, 0.2) is 6.29 Å². The van der Waals surface area contributed by atoms with E-state index in [2.05, 4.69) is 0 Å². The number of phenolic OH excluding ortho intramolecular Hbond substituents is 1. The number of ketones is 1. The lowest BCUT2D eigenvalue weighted by Gasteiger charge is -2.42. The van der Waals surface area contributed by atoms with Crippen molar-refractivity contribution in [3.8, 4) is 17.2 Å². The summed E-state index contributed by atoms with van der Waals surface area (Å²) in [4.78, 5) is 11.6. The highest BCUT2D eigenvalue weighted by Crippen LogP contribution is 2.40. The molecular formula is C26H34O14. The zero-order valence-electron chi connectivity index (χ0n) is 21.7. The minimum Gasteiger partial charge on any atom is -0.507 e. The van der Waals surface area contributed by atoms with Gasteiger partial charge in [0, 0.05) is 12.5 Å². The molecule has 2 aromatic rings. The van der Waals surface area contributed by atoms with E-state index in [1.54, 1.807) is 12.1 Å². The van der Waals surface area contributed by atoms with Crippen LogP contribution in [0, 0.1) is 0 Å². The molecule has 0 spiro atoms. The standard InChI is InChI=1S/C26H34O14/c1-10(28)3-11-4-12-6-13(36-2)7-15(18(12)14(29)5-11)38-26-24(35)22(33)20(31)17(40-26)9-37-25-23(34)21(32)19(30)16(8-27)39-25/h4-7,16-17,19-27,29-35H,3,8-9H2,1-2H3/t16-,17-,19-,20-,21+,22+,23-,24-,25-,26-/m1/s1. The van der Waals surface area contributed by atoms with Gasteiger partial charge in [-0.3, -0.25) is 4.79 Å². The van der Waals surface area contributed by atoms with Gasteiger partial charge in [0.2, 0.25) is 6.29 Å². The maximum absolute atomic E-state index is 11.6. The molecule has 14 nitrogen and oxygen atoms in total. The van der Waals surface area contributed by atoms with Crippen molar-refractivity contribution in [2.45, 2.75) is 74.8 Å². The van der Waals surface area contributed by atoms with Gasteiger partial charge in [0.05, 0.1) is 25.7 Å². The largest absolute Gasteiger partial charge is 0.507 e. The zero-order valence-corrected chi connectivity index (χ0v) is 21.7. The van der Waals surface area contributed by atoms with Crippen molar-refractivity contribution < 1.29 is 69.3 Å². The fourth-order valence-corrected chi connectivity index (χ4v) is 4.76. The van der Waals surface area contributed by atoms with Crippen LogP contribution in [0.5, 0.6) is 17.2 Å². The highest BCUT2D eigenvalue weighted by Gasteiger charge is 2.48. The summed E-state index contributed by atoms with van der Waals surface area (Å²) in [5.74, 6) is -0.0149. The number of hydrogen-bond donors (Lipinski definition) is 8. The van der Waals surface area contributed by atoms with E-state index in [1.165, 1.54) is 26.2 Å². The van der Waals surface area contributed by atoms with Crippen molar-refractivity contribution in [1.82, 2.24) is 0 Å². The Balaban J connectivity index is 1.56. The number of methoxy groups -OCH3 is 1. The summed E-state index contributed by atoms with van der Waals surface area (Å²) >= 11 is 0. The molecule has 0 amide bonds. The molecule has 8 N–H and O–H groups in total. The van der Waals surface area contributed by atoms with Gasteiger partial charge in [-0.15, -0.1) is 0 Å². The average molecular weight is 571 g/mol. The van der Waals surface area contributed by atoms with Crippen molar-refractivity contribution in [2.75, 3.05) is 20.3 Å². The predicted molar refractivity (Wildman–Crippen MR) is 134 cm³/mol. The van der Waals surface area contributed by atoms with Crippen LogP contribution < -0.4 is 9.47 Å². The number of aliphatic hydroxyl groups is 7. The second-order valence-electron chi connectivity index (χ2n) is 9.88. The number of Topliss-reactive ketones (excluding diaryl/α,β-unsaturated/α-hetero) is 1. The van der Waals surface area contributed by atoms with Crippen LogP contribution in [0.15, 0.2) is 24.3 Å². The van der Waals surface area contributed by atoms with E-state index in [4.69, 9.17) is 23.7 Å². The first-order valence-electron chi connectivity index (χ1n) is 12.6. The molecule has 2 saturated heterocycles. The van der Waals surface area contributed by atoms with E-state index in [0.29, 0.717) is 16.7 Å². The Morgan fingerprint density at radius 2 is 1.48 bits per heavy atom. The molecule has 0 bridgehead atoms. The molecular weight excluding hydrogens is 536 g/mol. The number of fused-ring (bicyclic) bond motifs is 1. The molecule has 0 aromatic heterocycles. The van der Waals surface area contributed by atoms with Gasteiger partial charge >= 0.3 is 0 Å². The maximum atomic E-state index is 11.6. The van der Waals surface area contributed by atoms with E-state index < -0.39 is 74.6 Å². The maximum Gasteiger partial charge on any atom is 0.229 e. The summed E-state index contributed by atoms with van der Waals surface area (Å²) in [6.45, 7) is 0.207. The summed E-state index contributed by atoms with van der Waals surface area (Å²) in [6, 6.07) is 6.09. The van der Waals surface area contributed by atoms with E-state index in [9.17, 15) is 45.6 Å². The van der Waals surface area contributed by atoms with Crippen LogP contribution in [0.1, 0.15) is 12.5 Å². The first-order valence-corrected chi connectivity index (χ1v) is 12.6. The summed E-state index contributed by atoms with van der Waals surface area (Å²) in [5.41, 5.74) is 0.551. The zero-order chi connectivity index (χ0) is 29.3. The van der Waals surface area contributed by atoms with Crippen LogP contribution >= 0.6 is 0 Å². The van der Waals surface area contributed by atoms with E-state index >= 15 is 0 Å². The second-order valence-corrected chi connectivity index (χ2v) is 9.88. The number of carbonyl (C=O) groups is 1. The van der Waals surface area contributed by atoms with E-state index in [1.807, 2.05) is 0 Å². The highest BCUT2D eigenvalue weighted by atomic mass is 16.7. The van der Waals surface area contributed by atoms with E-state index in [0.717, 1.165) is 0 Å². The van der Waals surface area contributed by atoms with Crippen molar-refractivity contribution >= 4 is 16.6 Å². The molecule has 222 valence electrons. The smallest absolute Gasteiger partial charge is 0.229 e. The fraction of sp³-hybridized carbons (Fsp3) is 0.577. The Morgan fingerprint density at radius 3 is 2.10 bits per heavy atom. The Kier molecular flexibility index (Phi) is 9.47. The third-order valence-electron chi connectivity index (χ3n) is 6.90. The molecule has 40 heavy (non-hydrogen) atoms. The van der Waals surface area contributed by atoms with E-state index in [-0.39, 0.29) is 29.1 Å². The van der Waals surface area contributed by atoms with Crippen molar-refractivity contribution in [1.29, 1.82) is 0 Å². The first-order chi connectivity index (χ1) is 18.9. The number of ether oxygens (including phenoxy) is 5. The molecule has 2 aliphatic rings. The average Bonchev–Trinajstić information content (AvgIpc) is 2.91. The van der Waals surface area contributed by atoms with Gasteiger partial charge < -0.3 is 64.5 Å². The quantitative estimate of drug-likeness (QED) is 0.159. The molecule has 0 aliphatic carbocycles. The second kappa shape index (κ2) is 12.5. The molecule has 0 unspecified atom stereocenters. The number of phenols is 1. The Labute approximate surface area is 228 Å². The number of carbonyl (C=O) groups excluding carboxylic acids is 1. The summed E-state index contributed by atoms with van der Waals surface area (Å²) < 4.78 is 27.6. The topological polar surface area (TPSA) is 225 Å². The summed E-state index contributed by atoms with van der Waals surface area (Å²) in [7, 11) is 1.41. The van der Waals surface area contributed by atoms with Crippen molar-refractivity contribution in [3.63, 3.8) is 0 Å². The first kappa shape index (κ1) is 30.3. The number of benzene rings is 2. The van der Waals surface area contributed by atoms with Gasteiger partial charge in [-0.05, 0) is 30.0 Å². The molecule has 4 rings (SSSR count).